The Morgan fingerprint density at radius 2 is 2.08 bits per heavy atom. The highest BCUT2D eigenvalue weighted by molar-refractivity contribution is 5.96. The quantitative estimate of drug-likeness (QED) is 0.857. The van der Waals surface area contributed by atoms with Crippen molar-refractivity contribution in [2.24, 2.45) is 4.99 Å². The van der Waals surface area contributed by atoms with Crippen molar-refractivity contribution in [1.82, 2.24) is 9.88 Å². The maximum atomic E-state index is 11.6. The molecule has 136 valence electrons. The molecule has 0 saturated carbocycles. The Labute approximate surface area is 153 Å². The van der Waals surface area contributed by atoms with Gasteiger partial charge in [-0.25, -0.2) is 9.79 Å². The molecule has 1 fully saturated rings. The topological polar surface area (TPSA) is 75.0 Å². The lowest BCUT2D eigenvalue weighted by Gasteiger charge is -2.20. The van der Waals surface area contributed by atoms with Gasteiger partial charge in [-0.15, -0.1) is 0 Å². The van der Waals surface area contributed by atoms with Gasteiger partial charge in [-0.3, -0.25) is 4.98 Å². The third-order valence-corrected chi connectivity index (χ3v) is 4.53. The summed E-state index contributed by atoms with van der Waals surface area (Å²) in [6.45, 7) is 3.61. The van der Waals surface area contributed by atoms with Crippen molar-refractivity contribution in [3.8, 4) is 5.75 Å². The Hall–Kier alpha value is -2.89. The van der Waals surface area contributed by atoms with Crippen LogP contribution in [0.1, 0.15) is 41.4 Å². The van der Waals surface area contributed by atoms with E-state index in [2.05, 4.69) is 9.88 Å². The van der Waals surface area contributed by atoms with Crippen LogP contribution in [-0.4, -0.2) is 40.4 Å². The Morgan fingerprint density at radius 1 is 1.31 bits per heavy atom. The SMILES string of the molecule is CCc1nccc(C(=O)O)c1N=C1CCCN1Cc1ccc(OC)cc1. The first-order valence-electron chi connectivity index (χ1n) is 8.79. The molecule has 26 heavy (non-hydrogen) atoms. The van der Waals surface area contributed by atoms with Crippen LogP contribution >= 0.6 is 0 Å². The molecule has 6 heteroatoms. The lowest BCUT2D eigenvalue weighted by Crippen LogP contribution is -2.24. The molecule has 0 radical (unpaired) electrons. The lowest BCUT2D eigenvalue weighted by molar-refractivity contribution is 0.0697. The standard InChI is InChI=1S/C20H23N3O3/c1-3-17-19(16(20(24)25)10-11-21-17)22-18-5-4-12-23(18)13-14-6-8-15(26-2)9-7-14/h6-11H,3-5,12-13H2,1-2H3,(H,24,25). The number of carboxylic acid groups (broad SMARTS) is 1. The summed E-state index contributed by atoms with van der Waals surface area (Å²) >= 11 is 0. The summed E-state index contributed by atoms with van der Waals surface area (Å²) in [4.78, 5) is 22.8. The van der Waals surface area contributed by atoms with Crippen LogP contribution in [-0.2, 0) is 13.0 Å². The second kappa shape index (κ2) is 7.99. The predicted octanol–water partition coefficient (Wildman–Crippen LogP) is 3.68. The van der Waals surface area contributed by atoms with Gasteiger partial charge in [-0.1, -0.05) is 19.1 Å². The molecule has 1 aromatic heterocycles. The van der Waals surface area contributed by atoms with Crippen LogP contribution in [0.5, 0.6) is 5.75 Å². The summed E-state index contributed by atoms with van der Waals surface area (Å²) in [6.07, 6.45) is 4.04. The largest absolute Gasteiger partial charge is 0.497 e. The number of aliphatic imine (C=N–C) groups is 1. The van der Waals surface area contributed by atoms with E-state index >= 15 is 0 Å². The molecular formula is C20H23N3O3. The molecule has 0 bridgehead atoms. The second-order valence-corrected chi connectivity index (χ2v) is 6.21. The van der Waals surface area contributed by atoms with Gasteiger partial charge < -0.3 is 14.7 Å². The number of nitrogens with zero attached hydrogens (tertiary/aromatic N) is 3. The van der Waals surface area contributed by atoms with Gasteiger partial charge in [0.1, 0.15) is 17.3 Å². The minimum Gasteiger partial charge on any atom is -0.497 e. The molecule has 3 rings (SSSR count). The number of carboxylic acids is 1. The smallest absolute Gasteiger partial charge is 0.338 e. The summed E-state index contributed by atoms with van der Waals surface area (Å²) in [6, 6.07) is 9.49. The summed E-state index contributed by atoms with van der Waals surface area (Å²) in [5, 5.41) is 9.49. The number of aromatic carboxylic acids is 1. The minimum atomic E-state index is -0.971. The fourth-order valence-electron chi connectivity index (χ4n) is 3.15. The van der Waals surface area contributed by atoms with E-state index in [0.29, 0.717) is 17.8 Å². The number of pyridine rings is 1. The number of hydrogen-bond donors (Lipinski definition) is 1. The molecule has 1 N–H and O–H groups in total. The zero-order valence-electron chi connectivity index (χ0n) is 15.1. The van der Waals surface area contributed by atoms with Crippen molar-refractivity contribution in [1.29, 1.82) is 0 Å². The maximum absolute atomic E-state index is 11.6. The Morgan fingerprint density at radius 3 is 2.73 bits per heavy atom. The van der Waals surface area contributed by atoms with Gasteiger partial charge in [-0.2, -0.15) is 0 Å². The fourth-order valence-corrected chi connectivity index (χ4v) is 3.15. The number of methoxy groups -OCH3 is 1. The summed E-state index contributed by atoms with van der Waals surface area (Å²) in [7, 11) is 1.65. The fraction of sp³-hybridized carbons (Fsp3) is 0.350. The van der Waals surface area contributed by atoms with E-state index in [1.165, 1.54) is 17.8 Å². The monoisotopic (exact) mass is 353 g/mol. The van der Waals surface area contributed by atoms with Crippen molar-refractivity contribution < 1.29 is 14.6 Å². The molecule has 0 aliphatic carbocycles. The normalized spacial score (nSPS) is 15.5. The van der Waals surface area contributed by atoms with Gasteiger partial charge in [0.05, 0.1) is 18.4 Å². The minimum absolute atomic E-state index is 0.209. The highest BCUT2D eigenvalue weighted by Gasteiger charge is 2.21. The van der Waals surface area contributed by atoms with Gasteiger partial charge in [0, 0.05) is 25.7 Å². The average Bonchev–Trinajstić information content (AvgIpc) is 3.09. The average molecular weight is 353 g/mol. The number of amidine groups is 1. The van der Waals surface area contributed by atoms with Crippen LogP contribution in [0, 0.1) is 0 Å². The zero-order valence-corrected chi connectivity index (χ0v) is 15.1. The van der Waals surface area contributed by atoms with E-state index < -0.39 is 5.97 Å². The third kappa shape index (κ3) is 3.85. The Kier molecular flexibility index (Phi) is 5.51. The zero-order chi connectivity index (χ0) is 18.5. The maximum Gasteiger partial charge on any atom is 0.338 e. The van der Waals surface area contributed by atoms with E-state index in [1.807, 2.05) is 31.2 Å². The van der Waals surface area contributed by atoms with Crippen molar-refractivity contribution >= 4 is 17.5 Å². The summed E-state index contributed by atoms with van der Waals surface area (Å²) in [5.74, 6) is 0.783. The molecule has 0 unspecified atom stereocenters. The molecular weight excluding hydrogens is 330 g/mol. The van der Waals surface area contributed by atoms with Gasteiger partial charge in [-0.05, 0) is 36.6 Å². The molecule has 1 aliphatic rings. The molecule has 0 spiro atoms. The third-order valence-electron chi connectivity index (χ3n) is 4.53. The van der Waals surface area contributed by atoms with Crippen molar-refractivity contribution in [2.45, 2.75) is 32.7 Å². The molecule has 0 amide bonds. The number of ether oxygens (including phenoxy) is 1. The number of hydrogen-bond acceptors (Lipinski definition) is 4. The molecule has 2 heterocycles. The van der Waals surface area contributed by atoms with E-state index in [-0.39, 0.29) is 5.56 Å². The van der Waals surface area contributed by atoms with Crippen LogP contribution in [0.25, 0.3) is 0 Å². The van der Waals surface area contributed by atoms with Gasteiger partial charge in [0.25, 0.3) is 0 Å². The van der Waals surface area contributed by atoms with Gasteiger partial charge in [0.15, 0.2) is 0 Å². The second-order valence-electron chi connectivity index (χ2n) is 6.21. The van der Waals surface area contributed by atoms with Crippen LogP contribution in [0.15, 0.2) is 41.5 Å². The van der Waals surface area contributed by atoms with Crippen molar-refractivity contribution in [2.75, 3.05) is 13.7 Å². The summed E-state index contributed by atoms with van der Waals surface area (Å²) in [5.41, 5.74) is 2.58. The number of carbonyl (C=O) groups is 1. The highest BCUT2D eigenvalue weighted by atomic mass is 16.5. The van der Waals surface area contributed by atoms with Crippen molar-refractivity contribution in [3.05, 3.63) is 53.3 Å². The molecule has 0 atom stereocenters. The van der Waals surface area contributed by atoms with Gasteiger partial charge in [0.2, 0.25) is 0 Å². The molecule has 1 aliphatic heterocycles. The number of rotatable bonds is 6. The molecule has 2 aromatic rings. The van der Waals surface area contributed by atoms with Crippen LogP contribution < -0.4 is 4.74 Å². The first-order chi connectivity index (χ1) is 12.6. The number of likely N-dealkylation sites (tertiary alicyclic amines) is 1. The first kappa shape index (κ1) is 17.9. The number of aromatic nitrogens is 1. The van der Waals surface area contributed by atoms with Crippen molar-refractivity contribution in [3.63, 3.8) is 0 Å². The van der Waals surface area contributed by atoms with Crippen LogP contribution in [0.2, 0.25) is 0 Å². The summed E-state index contributed by atoms with van der Waals surface area (Å²) < 4.78 is 5.20. The van der Waals surface area contributed by atoms with Crippen LogP contribution in [0.3, 0.4) is 0 Å². The van der Waals surface area contributed by atoms with E-state index in [4.69, 9.17) is 9.73 Å². The Balaban J connectivity index is 1.89. The number of aryl methyl sites for hydroxylation is 1. The molecule has 1 aromatic carbocycles. The number of benzene rings is 1. The van der Waals surface area contributed by atoms with E-state index in [0.717, 1.165) is 37.5 Å². The van der Waals surface area contributed by atoms with Crippen LogP contribution in [0.4, 0.5) is 5.69 Å². The first-order valence-corrected chi connectivity index (χ1v) is 8.79. The lowest BCUT2D eigenvalue weighted by atomic mass is 10.1. The highest BCUT2D eigenvalue weighted by Crippen LogP contribution is 2.27. The van der Waals surface area contributed by atoms with E-state index in [9.17, 15) is 9.90 Å². The molecule has 6 nitrogen and oxygen atoms in total. The predicted molar refractivity (Wildman–Crippen MR) is 100 cm³/mol. The van der Waals surface area contributed by atoms with E-state index in [1.54, 1.807) is 7.11 Å². The Bertz CT molecular complexity index is 816. The van der Waals surface area contributed by atoms with Gasteiger partial charge >= 0.3 is 5.97 Å². The molecule has 1 saturated heterocycles.